The number of halogens is 2. The van der Waals surface area contributed by atoms with Crippen molar-refractivity contribution >= 4 is 39.1 Å². The molecule has 2 aromatic carbocycles. The number of nitrogens with one attached hydrogen (secondary N) is 1. The summed E-state index contributed by atoms with van der Waals surface area (Å²) in [6, 6.07) is 10.7. The van der Waals surface area contributed by atoms with Crippen LogP contribution in [0.1, 0.15) is 12.5 Å². The van der Waals surface area contributed by atoms with E-state index in [0.717, 1.165) is 5.56 Å². The third-order valence-corrected chi connectivity index (χ3v) is 4.03. The molecule has 2 rings (SSSR count). The molecule has 0 fully saturated rings. The molecular formula is C17H17BrClNO3. The fraction of sp³-hybridized carbons (Fsp3) is 0.235. The van der Waals surface area contributed by atoms with Gasteiger partial charge in [-0.1, -0.05) is 17.7 Å². The van der Waals surface area contributed by atoms with Crippen LogP contribution in [0.5, 0.6) is 11.5 Å². The van der Waals surface area contributed by atoms with E-state index in [1.807, 2.05) is 25.1 Å². The highest BCUT2D eigenvalue weighted by Gasteiger charge is 2.18. The van der Waals surface area contributed by atoms with Gasteiger partial charge in [-0.25, -0.2) is 0 Å². The summed E-state index contributed by atoms with van der Waals surface area (Å²) in [5.74, 6) is 0.882. The van der Waals surface area contributed by atoms with Gasteiger partial charge in [-0.15, -0.1) is 0 Å². The Morgan fingerprint density at radius 2 is 1.91 bits per heavy atom. The SMILES string of the molecule is COc1ccc(C)cc1NC(=O)[C@H](C)Oc1ccc(Cl)cc1Br. The first-order chi connectivity index (χ1) is 10.9. The summed E-state index contributed by atoms with van der Waals surface area (Å²) >= 11 is 9.26. The minimum atomic E-state index is -0.683. The maximum atomic E-state index is 12.3. The molecule has 0 aromatic heterocycles. The number of hydrogen-bond acceptors (Lipinski definition) is 3. The van der Waals surface area contributed by atoms with E-state index in [-0.39, 0.29) is 5.91 Å². The van der Waals surface area contributed by atoms with Gasteiger partial charge in [-0.3, -0.25) is 4.79 Å². The summed E-state index contributed by atoms with van der Waals surface area (Å²) in [7, 11) is 1.56. The molecule has 122 valence electrons. The third-order valence-electron chi connectivity index (χ3n) is 3.18. The molecule has 6 heteroatoms. The number of hydrogen-bond donors (Lipinski definition) is 1. The number of anilines is 1. The highest BCUT2D eigenvalue weighted by molar-refractivity contribution is 9.10. The minimum Gasteiger partial charge on any atom is -0.495 e. The van der Waals surface area contributed by atoms with E-state index in [4.69, 9.17) is 21.1 Å². The fourth-order valence-corrected chi connectivity index (χ4v) is 2.74. The second-order valence-corrected chi connectivity index (χ2v) is 6.32. The topological polar surface area (TPSA) is 47.6 Å². The van der Waals surface area contributed by atoms with Crippen LogP contribution < -0.4 is 14.8 Å². The molecule has 0 heterocycles. The predicted octanol–water partition coefficient (Wildman–Crippen LogP) is 4.83. The summed E-state index contributed by atoms with van der Waals surface area (Å²) in [5, 5.41) is 3.41. The minimum absolute atomic E-state index is 0.268. The van der Waals surface area contributed by atoms with Crippen molar-refractivity contribution in [2.45, 2.75) is 20.0 Å². The van der Waals surface area contributed by atoms with E-state index in [1.165, 1.54) is 0 Å². The van der Waals surface area contributed by atoms with Gasteiger partial charge in [-0.2, -0.15) is 0 Å². The quantitative estimate of drug-likeness (QED) is 0.785. The Morgan fingerprint density at radius 3 is 2.57 bits per heavy atom. The van der Waals surface area contributed by atoms with Crippen molar-refractivity contribution in [2.24, 2.45) is 0 Å². The molecule has 0 unspecified atom stereocenters. The second-order valence-electron chi connectivity index (χ2n) is 5.03. The van der Waals surface area contributed by atoms with Crippen molar-refractivity contribution < 1.29 is 14.3 Å². The third kappa shape index (κ3) is 4.62. The Labute approximate surface area is 148 Å². The lowest BCUT2D eigenvalue weighted by Gasteiger charge is -2.17. The molecule has 23 heavy (non-hydrogen) atoms. The Bertz CT molecular complexity index is 721. The van der Waals surface area contributed by atoms with E-state index in [1.54, 1.807) is 32.2 Å². The summed E-state index contributed by atoms with van der Waals surface area (Å²) in [6.07, 6.45) is -0.683. The first-order valence-electron chi connectivity index (χ1n) is 6.98. The van der Waals surface area contributed by atoms with Gasteiger partial charge in [0.1, 0.15) is 11.5 Å². The number of aryl methyl sites for hydroxylation is 1. The van der Waals surface area contributed by atoms with E-state index >= 15 is 0 Å². The molecule has 0 radical (unpaired) electrons. The Hall–Kier alpha value is -1.72. The molecule has 0 aliphatic rings. The molecular weight excluding hydrogens is 382 g/mol. The molecule has 0 aliphatic heterocycles. The molecule has 0 spiro atoms. The van der Waals surface area contributed by atoms with Crippen LogP contribution in [-0.2, 0) is 4.79 Å². The zero-order valence-corrected chi connectivity index (χ0v) is 15.4. The van der Waals surface area contributed by atoms with Gasteiger partial charge in [0.05, 0.1) is 17.3 Å². The number of rotatable bonds is 5. The predicted molar refractivity (Wildman–Crippen MR) is 95.6 cm³/mol. The number of benzene rings is 2. The van der Waals surface area contributed by atoms with Gasteiger partial charge in [0, 0.05) is 5.02 Å². The van der Waals surface area contributed by atoms with Gasteiger partial charge in [0.25, 0.3) is 5.91 Å². The maximum Gasteiger partial charge on any atom is 0.265 e. The highest BCUT2D eigenvalue weighted by Crippen LogP contribution is 2.29. The van der Waals surface area contributed by atoms with E-state index in [9.17, 15) is 4.79 Å². The Morgan fingerprint density at radius 1 is 1.22 bits per heavy atom. The zero-order valence-electron chi connectivity index (χ0n) is 13.0. The second kappa shape index (κ2) is 7.70. The van der Waals surface area contributed by atoms with E-state index in [0.29, 0.717) is 26.7 Å². The van der Waals surface area contributed by atoms with Crippen molar-refractivity contribution in [1.82, 2.24) is 0 Å². The Balaban J connectivity index is 2.10. The van der Waals surface area contributed by atoms with Crippen LogP contribution in [0.3, 0.4) is 0 Å². The number of methoxy groups -OCH3 is 1. The largest absolute Gasteiger partial charge is 0.495 e. The molecule has 0 aliphatic carbocycles. The van der Waals surface area contributed by atoms with Crippen LogP contribution in [-0.4, -0.2) is 19.1 Å². The smallest absolute Gasteiger partial charge is 0.265 e. The number of amides is 1. The summed E-state index contributed by atoms with van der Waals surface area (Å²) in [4.78, 5) is 12.3. The highest BCUT2D eigenvalue weighted by atomic mass is 79.9. The number of ether oxygens (including phenoxy) is 2. The summed E-state index contributed by atoms with van der Waals surface area (Å²) < 4.78 is 11.6. The standard InChI is InChI=1S/C17H17BrClNO3/c1-10-4-6-16(22-3)14(8-10)20-17(21)11(2)23-15-7-5-12(19)9-13(15)18/h4-9,11H,1-3H3,(H,20,21)/t11-/m0/s1. The molecule has 1 atom stereocenters. The normalized spacial score (nSPS) is 11.7. The summed E-state index contributed by atoms with van der Waals surface area (Å²) in [5.41, 5.74) is 1.64. The van der Waals surface area contributed by atoms with Crippen LogP contribution in [0.15, 0.2) is 40.9 Å². The zero-order chi connectivity index (χ0) is 17.0. The molecule has 1 amide bonds. The number of carbonyl (C=O) groups is 1. The molecule has 1 N–H and O–H groups in total. The van der Waals surface area contributed by atoms with Crippen molar-refractivity contribution in [1.29, 1.82) is 0 Å². The van der Waals surface area contributed by atoms with Crippen molar-refractivity contribution in [3.63, 3.8) is 0 Å². The lowest BCUT2D eigenvalue weighted by Crippen LogP contribution is -2.30. The number of carbonyl (C=O) groups excluding carboxylic acids is 1. The average molecular weight is 399 g/mol. The van der Waals surface area contributed by atoms with Gasteiger partial charge in [0.2, 0.25) is 0 Å². The van der Waals surface area contributed by atoms with Gasteiger partial charge < -0.3 is 14.8 Å². The molecule has 0 bridgehead atoms. The van der Waals surface area contributed by atoms with Crippen LogP contribution in [0.2, 0.25) is 5.02 Å². The van der Waals surface area contributed by atoms with Gasteiger partial charge in [0.15, 0.2) is 6.10 Å². The van der Waals surface area contributed by atoms with Gasteiger partial charge >= 0.3 is 0 Å². The average Bonchev–Trinajstić information content (AvgIpc) is 2.50. The van der Waals surface area contributed by atoms with E-state index in [2.05, 4.69) is 21.2 Å². The molecule has 0 saturated heterocycles. The lowest BCUT2D eigenvalue weighted by atomic mass is 10.2. The first-order valence-corrected chi connectivity index (χ1v) is 8.15. The molecule has 0 saturated carbocycles. The van der Waals surface area contributed by atoms with Gasteiger partial charge in [-0.05, 0) is 65.7 Å². The first kappa shape index (κ1) is 17.6. The molecule has 2 aromatic rings. The van der Waals surface area contributed by atoms with Crippen LogP contribution in [0, 0.1) is 6.92 Å². The van der Waals surface area contributed by atoms with Crippen molar-refractivity contribution in [3.8, 4) is 11.5 Å². The monoisotopic (exact) mass is 397 g/mol. The van der Waals surface area contributed by atoms with Crippen LogP contribution in [0.4, 0.5) is 5.69 Å². The van der Waals surface area contributed by atoms with E-state index < -0.39 is 6.10 Å². The summed E-state index contributed by atoms with van der Waals surface area (Å²) in [6.45, 7) is 3.62. The molecule has 4 nitrogen and oxygen atoms in total. The van der Waals surface area contributed by atoms with Crippen molar-refractivity contribution in [3.05, 3.63) is 51.5 Å². The Kier molecular flexibility index (Phi) is 5.91. The maximum absolute atomic E-state index is 12.3. The fourth-order valence-electron chi connectivity index (χ4n) is 1.97. The lowest BCUT2D eigenvalue weighted by molar-refractivity contribution is -0.122. The van der Waals surface area contributed by atoms with Crippen molar-refractivity contribution in [2.75, 3.05) is 12.4 Å². The van der Waals surface area contributed by atoms with Crippen LogP contribution in [0.25, 0.3) is 0 Å². The van der Waals surface area contributed by atoms with Crippen LogP contribution >= 0.6 is 27.5 Å².